The van der Waals surface area contributed by atoms with Crippen LogP contribution in [0.15, 0.2) is 42.5 Å². The van der Waals surface area contributed by atoms with Crippen molar-refractivity contribution in [1.29, 1.82) is 0 Å². The molecule has 6 nitrogen and oxygen atoms in total. The Labute approximate surface area is 144 Å². The molecule has 1 aliphatic rings. The highest BCUT2D eigenvalue weighted by Gasteiger charge is 2.15. The van der Waals surface area contributed by atoms with Crippen LogP contribution in [-0.2, 0) is 17.8 Å². The third-order valence-electron chi connectivity index (χ3n) is 4.15. The lowest BCUT2D eigenvalue weighted by molar-refractivity contribution is -0.116. The van der Waals surface area contributed by atoms with Crippen molar-refractivity contribution >= 4 is 23.5 Å². The number of amides is 2. The van der Waals surface area contributed by atoms with Crippen molar-refractivity contribution in [3.8, 4) is 0 Å². The van der Waals surface area contributed by atoms with Gasteiger partial charge in [0.2, 0.25) is 5.91 Å². The van der Waals surface area contributed by atoms with Crippen molar-refractivity contribution in [1.82, 2.24) is 5.32 Å². The van der Waals surface area contributed by atoms with Crippen molar-refractivity contribution in [2.24, 2.45) is 0 Å². The van der Waals surface area contributed by atoms with Gasteiger partial charge in [0.05, 0.1) is 5.56 Å². The van der Waals surface area contributed by atoms with Gasteiger partial charge in [-0.3, -0.25) is 9.59 Å². The van der Waals surface area contributed by atoms with Gasteiger partial charge in [-0.2, -0.15) is 0 Å². The highest BCUT2D eigenvalue weighted by Crippen LogP contribution is 2.23. The fourth-order valence-corrected chi connectivity index (χ4v) is 2.77. The van der Waals surface area contributed by atoms with Crippen LogP contribution in [0.25, 0.3) is 0 Å². The number of nitrogens with one attached hydrogen (secondary N) is 2. The summed E-state index contributed by atoms with van der Waals surface area (Å²) in [6.07, 6.45) is 2.01. The third-order valence-corrected chi connectivity index (χ3v) is 4.15. The maximum absolute atomic E-state index is 12.3. The standard InChI is InChI=1S/C19H18N2O4/c22-17-3-1-2-14-10-15(8-9-16(14)21-17)18(23)20-11-12-4-6-13(7-5-12)19(24)25/h4-10H,1-3,11H2,(H,20,23)(H,21,22)(H,24,25). The fourth-order valence-electron chi connectivity index (χ4n) is 2.77. The Morgan fingerprint density at radius 2 is 1.76 bits per heavy atom. The number of carbonyl (C=O) groups excluding carboxylic acids is 2. The smallest absolute Gasteiger partial charge is 0.335 e. The van der Waals surface area contributed by atoms with Gasteiger partial charge in [-0.1, -0.05) is 12.1 Å². The summed E-state index contributed by atoms with van der Waals surface area (Å²) in [6, 6.07) is 11.6. The quantitative estimate of drug-likeness (QED) is 0.798. The second-order valence-electron chi connectivity index (χ2n) is 5.96. The van der Waals surface area contributed by atoms with Gasteiger partial charge in [-0.15, -0.1) is 0 Å². The number of hydrogen-bond acceptors (Lipinski definition) is 3. The van der Waals surface area contributed by atoms with Crippen molar-refractivity contribution in [2.75, 3.05) is 5.32 Å². The molecule has 0 aromatic heterocycles. The third kappa shape index (κ3) is 4.03. The second kappa shape index (κ2) is 7.17. The van der Waals surface area contributed by atoms with Crippen molar-refractivity contribution in [2.45, 2.75) is 25.8 Å². The van der Waals surface area contributed by atoms with Gasteiger partial charge in [0.1, 0.15) is 0 Å². The lowest BCUT2D eigenvalue weighted by Gasteiger charge is -2.10. The van der Waals surface area contributed by atoms with E-state index in [9.17, 15) is 14.4 Å². The van der Waals surface area contributed by atoms with E-state index >= 15 is 0 Å². The van der Waals surface area contributed by atoms with Crippen LogP contribution in [0.1, 0.15) is 44.7 Å². The van der Waals surface area contributed by atoms with Gasteiger partial charge in [-0.05, 0) is 54.3 Å². The number of aryl methyl sites for hydroxylation is 1. The van der Waals surface area contributed by atoms with Crippen LogP contribution in [0.2, 0.25) is 0 Å². The Morgan fingerprint density at radius 1 is 1.04 bits per heavy atom. The second-order valence-corrected chi connectivity index (χ2v) is 5.96. The summed E-state index contributed by atoms with van der Waals surface area (Å²) in [5.41, 5.74) is 3.30. The van der Waals surface area contributed by atoms with E-state index in [0.29, 0.717) is 18.5 Å². The Bertz CT molecular complexity index is 828. The van der Waals surface area contributed by atoms with Gasteiger partial charge < -0.3 is 15.7 Å². The first-order valence-electron chi connectivity index (χ1n) is 8.06. The molecule has 128 valence electrons. The highest BCUT2D eigenvalue weighted by atomic mass is 16.4. The van der Waals surface area contributed by atoms with Gasteiger partial charge in [-0.25, -0.2) is 4.79 Å². The van der Waals surface area contributed by atoms with Crippen molar-refractivity contribution in [3.63, 3.8) is 0 Å². The van der Waals surface area contributed by atoms with Crippen LogP contribution in [0.3, 0.4) is 0 Å². The monoisotopic (exact) mass is 338 g/mol. The molecule has 0 atom stereocenters. The number of benzene rings is 2. The summed E-state index contributed by atoms with van der Waals surface area (Å²) in [5, 5.41) is 14.5. The molecule has 0 saturated heterocycles. The number of carbonyl (C=O) groups is 3. The molecule has 2 aromatic carbocycles. The Kier molecular flexibility index (Phi) is 4.79. The SMILES string of the molecule is O=C1CCCc2cc(C(=O)NCc3ccc(C(=O)O)cc3)ccc2N1. The van der Waals surface area contributed by atoms with E-state index < -0.39 is 5.97 Å². The summed E-state index contributed by atoms with van der Waals surface area (Å²) in [7, 11) is 0. The minimum Gasteiger partial charge on any atom is -0.478 e. The van der Waals surface area contributed by atoms with E-state index in [4.69, 9.17) is 5.11 Å². The molecular formula is C19H18N2O4. The minimum atomic E-state index is -0.979. The largest absolute Gasteiger partial charge is 0.478 e. The first kappa shape index (κ1) is 16.7. The predicted octanol–water partition coefficient (Wildman–Crippen LogP) is 2.59. The lowest BCUT2D eigenvalue weighted by atomic mass is 10.0. The molecular weight excluding hydrogens is 320 g/mol. The topological polar surface area (TPSA) is 95.5 Å². The van der Waals surface area contributed by atoms with Crippen LogP contribution in [0.4, 0.5) is 5.69 Å². The molecule has 1 heterocycles. The molecule has 3 N–H and O–H groups in total. The van der Waals surface area contributed by atoms with E-state index in [0.717, 1.165) is 29.7 Å². The maximum Gasteiger partial charge on any atom is 0.335 e. The molecule has 1 aliphatic heterocycles. The van der Waals surface area contributed by atoms with E-state index in [-0.39, 0.29) is 17.4 Å². The molecule has 0 saturated carbocycles. The zero-order chi connectivity index (χ0) is 17.8. The maximum atomic E-state index is 12.3. The first-order chi connectivity index (χ1) is 12.0. The molecule has 0 unspecified atom stereocenters. The average molecular weight is 338 g/mol. The molecule has 0 fully saturated rings. The van der Waals surface area contributed by atoms with Crippen molar-refractivity contribution < 1.29 is 19.5 Å². The molecule has 6 heteroatoms. The summed E-state index contributed by atoms with van der Waals surface area (Å²) >= 11 is 0. The summed E-state index contributed by atoms with van der Waals surface area (Å²) in [5.74, 6) is -1.19. The molecule has 2 amide bonds. The Hall–Kier alpha value is -3.15. The number of aromatic carboxylic acids is 1. The van der Waals surface area contributed by atoms with Gasteiger partial charge in [0, 0.05) is 24.2 Å². The Morgan fingerprint density at radius 3 is 2.48 bits per heavy atom. The van der Waals surface area contributed by atoms with E-state index in [1.54, 1.807) is 24.3 Å². The summed E-state index contributed by atoms with van der Waals surface area (Å²) < 4.78 is 0. The Balaban J connectivity index is 1.66. The zero-order valence-corrected chi connectivity index (χ0v) is 13.5. The van der Waals surface area contributed by atoms with Gasteiger partial charge >= 0.3 is 5.97 Å². The highest BCUT2D eigenvalue weighted by molar-refractivity contribution is 5.97. The van der Waals surface area contributed by atoms with E-state index in [1.165, 1.54) is 12.1 Å². The predicted molar refractivity (Wildman–Crippen MR) is 92.6 cm³/mol. The lowest BCUT2D eigenvalue weighted by Crippen LogP contribution is -2.23. The number of carboxylic acid groups (broad SMARTS) is 1. The summed E-state index contributed by atoms with van der Waals surface area (Å²) in [6.45, 7) is 0.312. The number of carboxylic acids is 1. The molecule has 0 bridgehead atoms. The van der Waals surface area contributed by atoms with Crippen LogP contribution in [0.5, 0.6) is 0 Å². The molecule has 0 radical (unpaired) electrons. The van der Waals surface area contributed by atoms with E-state index in [2.05, 4.69) is 10.6 Å². The average Bonchev–Trinajstić information content (AvgIpc) is 2.79. The van der Waals surface area contributed by atoms with Crippen LogP contribution >= 0.6 is 0 Å². The number of rotatable bonds is 4. The van der Waals surface area contributed by atoms with Gasteiger partial charge in [0.15, 0.2) is 0 Å². The minimum absolute atomic E-state index is 0.000703. The fraction of sp³-hybridized carbons (Fsp3) is 0.211. The zero-order valence-electron chi connectivity index (χ0n) is 13.5. The number of fused-ring (bicyclic) bond motifs is 1. The first-order valence-corrected chi connectivity index (χ1v) is 8.06. The number of hydrogen-bond donors (Lipinski definition) is 3. The van der Waals surface area contributed by atoms with Crippen LogP contribution in [0, 0.1) is 0 Å². The normalized spacial score (nSPS) is 13.4. The summed E-state index contributed by atoms with van der Waals surface area (Å²) in [4.78, 5) is 34.7. The number of anilines is 1. The molecule has 3 rings (SSSR count). The van der Waals surface area contributed by atoms with E-state index in [1.807, 2.05) is 6.07 Å². The van der Waals surface area contributed by atoms with Crippen LogP contribution < -0.4 is 10.6 Å². The molecule has 25 heavy (non-hydrogen) atoms. The molecule has 0 spiro atoms. The molecule has 0 aliphatic carbocycles. The van der Waals surface area contributed by atoms with Gasteiger partial charge in [0.25, 0.3) is 5.91 Å². The molecule has 2 aromatic rings. The van der Waals surface area contributed by atoms with Crippen LogP contribution in [-0.4, -0.2) is 22.9 Å². The van der Waals surface area contributed by atoms with Crippen molar-refractivity contribution in [3.05, 3.63) is 64.7 Å².